The van der Waals surface area contributed by atoms with E-state index in [-0.39, 0.29) is 0 Å². The van der Waals surface area contributed by atoms with Gasteiger partial charge in [0.1, 0.15) is 5.75 Å². The van der Waals surface area contributed by atoms with Gasteiger partial charge in [0, 0.05) is 13.1 Å². The maximum atomic E-state index is 5.73. The molecule has 0 heterocycles. The normalized spacial score (nSPS) is 18.1. The van der Waals surface area contributed by atoms with Crippen LogP contribution in [0.15, 0.2) is 18.2 Å². The molecule has 1 aliphatic carbocycles. The van der Waals surface area contributed by atoms with Gasteiger partial charge in [0.05, 0.1) is 13.7 Å². The summed E-state index contributed by atoms with van der Waals surface area (Å²) in [4.78, 5) is 5.73. The van der Waals surface area contributed by atoms with Crippen LogP contribution in [-0.2, 0) is 17.7 Å². The molecular formula is C17H27NO2. The van der Waals surface area contributed by atoms with Crippen LogP contribution < -0.4 is 4.74 Å². The van der Waals surface area contributed by atoms with Crippen LogP contribution in [0.1, 0.15) is 37.8 Å². The van der Waals surface area contributed by atoms with E-state index in [1.165, 1.54) is 17.5 Å². The molecule has 1 aliphatic rings. The van der Waals surface area contributed by atoms with Gasteiger partial charge in [0.15, 0.2) is 0 Å². The Morgan fingerprint density at radius 2 is 2.15 bits per heavy atom. The molecule has 0 fully saturated rings. The lowest BCUT2D eigenvalue weighted by atomic mass is 9.83. The maximum Gasteiger partial charge on any atom is 0.122 e. The molecule has 0 amide bonds. The van der Waals surface area contributed by atoms with E-state index in [2.05, 4.69) is 37.1 Å². The van der Waals surface area contributed by atoms with E-state index in [0.717, 1.165) is 44.7 Å². The summed E-state index contributed by atoms with van der Waals surface area (Å²) in [5.41, 5.74) is 2.86. The standard InChI is InChI=1S/C17H27NO2/c1-4-11-18(20-5-2)13-14-9-10-16-15(12-14)7-6-8-17(16)19-3/h6-8,14H,4-5,9-13H2,1-3H3. The van der Waals surface area contributed by atoms with Crippen molar-refractivity contribution in [3.05, 3.63) is 29.3 Å². The lowest BCUT2D eigenvalue weighted by Gasteiger charge is -2.30. The summed E-state index contributed by atoms with van der Waals surface area (Å²) in [6.07, 6.45) is 4.62. The summed E-state index contributed by atoms with van der Waals surface area (Å²) in [5.74, 6) is 1.74. The van der Waals surface area contributed by atoms with Crippen molar-refractivity contribution in [1.29, 1.82) is 0 Å². The third kappa shape index (κ3) is 3.74. The second kappa shape index (κ2) is 7.65. The number of hydrogen-bond acceptors (Lipinski definition) is 3. The van der Waals surface area contributed by atoms with E-state index < -0.39 is 0 Å². The van der Waals surface area contributed by atoms with Crippen molar-refractivity contribution in [2.75, 3.05) is 26.8 Å². The zero-order valence-corrected chi connectivity index (χ0v) is 13.0. The number of nitrogens with zero attached hydrogens (tertiary/aromatic N) is 1. The number of ether oxygens (including phenoxy) is 1. The maximum absolute atomic E-state index is 5.73. The molecule has 0 bridgehead atoms. The quantitative estimate of drug-likeness (QED) is 0.712. The van der Waals surface area contributed by atoms with Gasteiger partial charge in [0.25, 0.3) is 0 Å². The molecule has 3 heteroatoms. The van der Waals surface area contributed by atoms with Crippen molar-refractivity contribution in [2.45, 2.75) is 39.5 Å². The second-order valence-corrected chi connectivity index (χ2v) is 5.51. The van der Waals surface area contributed by atoms with Crippen molar-refractivity contribution in [2.24, 2.45) is 5.92 Å². The summed E-state index contributed by atoms with van der Waals surface area (Å²) in [6.45, 7) is 7.08. The molecule has 2 rings (SSSR count). The molecule has 1 unspecified atom stereocenters. The molecule has 0 aliphatic heterocycles. The summed E-state index contributed by atoms with van der Waals surface area (Å²) in [6, 6.07) is 6.42. The van der Waals surface area contributed by atoms with Gasteiger partial charge in [0.2, 0.25) is 0 Å². The molecule has 0 radical (unpaired) electrons. The molecule has 0 N–H and O–H groups in total. The number of benzene rings is 1. The second-order valence-electron chi connectivity index (χ2n) is 5.51. The average Bonchev–Trinajstić information content (AvgIpc) is 2.47. The van der Waals surface area contributed by atoms with Gasteiger partial charge in [-0.05, 0) is 55.7 Å². The predicted molar refractivity (Wildman–Crippen MR) is 82.0 cm³/mol. The van der Waals surface area contributed by atoms with Gasteiger partial charge in [-0.25, -0.2) is 0 Å². The molecule has 1 aromatic rings. The van der Waals surface area contributed by atoms with Gasteiger partial charge < -0.3 is 4.74 Å². The molecule has 3 nitrogen and oxygen atoms in total. The minimum absolute atomic E-state index is 0.688. The van der Waals surface area contributed by atoms with E-state index in [9.17, 15) is 0 Å². The summed E-state index contributed by atoms with van der Waals surface area (Å²) < 4.78 is 5.47. The molecular weight excluding hydrogens is 250 g/mol. The highest BCUT2D eigenvalue weighted by Crippen LogP contribution is 2.32. The molecule has 1 aromatic carbocycles. The van der Waals surface area contributed by atoms with Gasteiger partial charge in [-0.2, -0.15) is 5.06 Å². The molecule has 112 valence electrons. The van der Waals surface area contributed by atoms with Gasteiger partial charge in [-0.1, -0.05) is 19.1 Å². The van der Waals surface area contributed by atoms with Crippen LogP contribution in [0.25, 0.3) is 0 Å². The Balaban J connectivity index is 2.00. The largest absolute Gasteiger partial charge is 0.496 e. The molecule has 20 heavy (non-hydrogen) atoms. The van der Waals surface area contributed by atoms with E-state index >= 15 is 0 Å². The fourth-order valence-electron chi connectivity index (χ4n) is 3.12. The summed E-state index contributed by atoms with van der Waals surface area (Å²) in [5, 5.41) is 2.15. The monoisotopic (exact) mass is 277 g/mol. The third-order valence-electron chi connectivity index (χ3n) is 4.01. The van der Waals surface area contributed by atoms with Crippen LogP contribution in [0, 0.1) is 5.92 Å². The van der Waals surface area contributed by atoms with Crippen molar-refractivity contribution in [1.82, 2.24) is 5.06 Å². The third-order valence-corrected chi connectivity index (χ3v) is 4.01. The average molecular weight is 277 g/mol. The van der Waals surface area contributed by atoms with Crippen LogP contribution in [0.5, 0.6) is 5.75 Å². The minimum atomic E-state index is 0.688. The fraction of sp³-hybridized carbons (Fsp3) is 0.647. The Hall–Kier alpha value is -1.06. The minimum Gasteiger partial charge on any atom is -0.496 e. The Kier molecular flexibility index (Phi) is 5.86. The zero-order chi connectivity index (χ0) is 14.4. The fourth-order valence-corrected chi connectivity index (χ4v) is 3.12. The Bertz CT molecular complexity index is 413. The van der Waals surface area contributed by atoms with Crippen molar-refractivity contribution in [3.8, 4) is 5.75 Å². The lowest BCUT2D eigenvalue weighted by Crippen LogP contribution is -2.33. The SMILES string of the molecule is CCCN(CC1CCc2c(cccc2OC)C1)OCC. The number of hydrogen-bond donors (Lipinski definition) is 0. The number of methoxy groups -OCH3 is 1. The summed E-state index contributed by atoms with van der Waals surface area (Å²) >= 11 is 0. The van der Waals surface area contributed by atoms with Crippen LogP contribution in [0.3, 0.4) is 0 Å². The van der Waals surface area contributed by atoms with E-state index in [1.54, 1.807) is 7.11 Å². The van der Waals surface area contributed by atoms with E-state index in [0.29, 0.717) is 5.92 Å². The van der Waals surface area contributed by atoms with E-state index in [1.807, 2.05) is 0 Å². The Morgan fingerprint density at radius 3 is 2.85 bits per heavy atom. The first kappa shape index (κ1) is 15.3. The predicted octanol–water partition coefficient (Wildman–Crippen LogP) is 3.46. The smallest absolute Gasteiger partial charge is 0.122 e. The Morgan fingerprint density at radius 1 is 1.30 bits per heavy atom. The van der Waals surface area contributed by atoms with Gasteiger partial charge >= 0.3 is 0 Å². The van der Waals surface area contributed by atoms with Crippen molar-refractivity contribution >= 4 is 0 Å². The van der Waals surface area contributed by atoms with E-state index in [4.69, 9.17) is 9.57 Å². The topological polar surface area (TPSA) is 21.7 Å². The van der Waals surface area contributed by atoms with Crippen LogP contribution in [0.4, 0.5) is 0 Å². The first-order chi connectivity index (χ1) is 9.78. The first-order valence-corrected chi connectivity index (χ1v) is 7.81. The molecule has 0 spiro atoms. The zero-order valence-electron chi connectivity index (χ0n) is 13.0. The van der Waals surface area contributed by atoms with Gasteiger partial charge in [-0.15, -0.1) is 0 Å². The van der Waals surface area contributed by atoms with Gasteiger partial charge in [-0.3, -0.25) is 4.84 Å². The van der Waals surface area contributed by atoms with Crippen LogP contribution in [0.2, 0.25) is 0 Å². The molecule has 1 atom stereocenters. The van der Waals surface area contributed by atoms with Crippen molar-refractivity contribution in [3.63, 3.8) is 0 Å². The van der Waals surface area contributed by atoms with Crippen LogP contribution in [-0.4, -0.2) is 31.9 Å². The Labute approximate surface area is 122 Å². The van der Waals surface area contributed by atoms with Crippen LogP contribution >= 0.6 is 0 Å². The molecule has 0 saturated heterocycles. The highest BCUT2D eigenvalue weighted by Gasteiger charge is 2.23. The molecule has 0 saturated carbocycles. The highest BCUT2D eigenvalue weighted by atomic mass is 16.7. The first-order valence-electron chi connectivity index (χ1n) is 7.81. The summed E-state index contributed by atoms with van der Waals surface area (Å²) in [7, 11) is 1.76. The highest BCUT2D eigenvalue weighted by molar-refractivity contribution is 5.42. The molecule has 0 aromatic heterocycles. The lowest BCUT2D eigenvalue weighted by molar-refractivity contribution is -0.162. The number of rotatable bonds is 7. The number of fused-ring (bicyclic) bond motifs is 1. The number of hydroxylamine groups is 2. The van der Waals surface area contributed by atoms with Crippen molar-refractivity contribution < 1.29 is 9.57 Å².